The molecule has 0 aromatic rings. The summed E-state index contributed by atoms with van der Waals surface area (Å²) < 4.78 is 0. The number of carbonyl (C=O) groups excluding carboxylic acids is 2. The monoisotopic (exact) mass is 264 g/mol. The van der Waals surface area contributed by atoms with Crippen LogP contribution in [0.3, 0.4) is 0 Å². The van der Waals surface area contributed by atoms with Gasteiger partial charge in [-0.3, -0.25) is 14.5 Å². The molecule has 4 heteroatoms. The molecule has 0 aromatic carbocycles. The first kappa shape index (κ1) is 13.1. The molecule has 0 radical (unpaired) electrons. The minimum absolute atomic E-state index is 0.168. The Balaban J connectivity index is 1.63. The maximum atomic E-state index is 12.2. The Hall–Kier alpha value is -0.900. The fraction of sp³-hybridized carbons (Fsp3) is 0.867. The Morgan fingerprint density at radius 3 is 2.79 bits per heavy atom. The Morgan fingerprint density at radius 1 is 1.00 bits per heavy atom. The molecule has 19 heavy (non-hydrogen) atoms. The zero-order chi connectivity index (χ0) is 13.2. The van der Waals surface area contributed by atoms with Gasteiger partial charge in [-0.2, -0.15) is 0 Å². The number of nitrogens with zero attached hydrogens (tertiary/aromatic N) is 1. The minimum Gasteiger partial charge on any atom is -0.353 e. The second-order valence-electron chi connectivity index (χ2n) is 6.34. The van der Waals surface area contributed by atoms with E-state index < -0.39 is 0 Å². The standard InChI is InChI=1S/C15H24N2O2/c18-14-5-3-1-2-4-13(14)17-9-8-12-11(10-17)6-7-15(19)16-12/h11-13H,1-10H2,(H,16,19). The van der Waals surface area contributed by atoms with Gasteiger partial charge in [0.15, 0.2) is 0 Å². The number of piperidine rings is 2. The van der Waals surface area contributed by atoms with E-state index in [4.69, 9.17) is 0 Å². The number of Topliss-reactive ketones (excluding diaryl/α,β-unsaturated/α-hetero) is 1. The summed E-state index contributed by atoms with van der Waals surface area (Å²) >= 11 is 0. The maximum Gasteiger partial charge on any atom is 0.220 e. The zero-order valence-corrected chi connectivity index (χ0v) is 11.6. The van der Waals surface area contributed by atoms with Gasteiger partial charge in [-0.25, -0.2) is 0 Å². The van der Waals surface area contributed by atoms with Crippen molar-refractivity contribution in [3.05, 3.63) is 0 Å². The first-order chi connectivity index (χ1) is 9.24. The van der Waals surface area contributed by atoms with Crippen LogP contribution in [0.5, 0.6) is 0 Å². The highest BCUT2D eigenvalue weighted by Crippen LogP contribution is 2.29. The molecule has 1 N–H and O–H groups in total. The number of hydrogen-bond acceptors (Lipinski definition) is 3. The predicted molar refractivity (Wildman–Crippen MR) is 72.7 cm³/mol. The first-order valence-corrected chi connectivity index (χ1v) is 7.80. The van der Waals surface area contributed by atoms with Crippen LogP contribution >= 0.6 is 0 Å². The third-order valence-corrected chi connectivity index (χ3v) is 5.07. The number of ketones is 1. The van der Waals surface area contributed by atoms with E-state index in [-0.39, 0.29) is 11.9 Å². The molecule has 3 atom stereocenters. The first-order valence-electron chi connectivity index (χ1n) is 7.80. The summed E-state index contributed by atoms with van der Waals surface area (Å²) in [5.74, 6) is 1.22. The van der Waals surface area contributed by atoms with Crippen molar-refractivity contribution in [1.29, 1.82) is 0 Å². The van der Waals surface area contributed by atoms with Gasteiger partial charge in [-0.1, -0.05) is 12.8 Å². The number of hydrogen-bond donors (Lipinski definition) is 1. The highest BCUT2D eigenvalue weighted by molar-refractivity contribution is 5.84. The molecule has 4 nitrogen and oxygen atoms in total. The lowest BCUT2D eigenvalue weighted by molar-refractivity contribution is -0.129. The van der Waals surface area contributed by atoms with Crippen LogP contribution in [0.2, 0.25) is 0 Å². The van der Waals surface area contributed by atoms with Gasteiger partial charge in [-0.15, -0.1) is 0 Å². The quantitative estimate of drug-likeness (QED) is 0.730. The van der Waals surface area contributed by atoms with E-state index in [2.05, 4.69) is 10.2 Å². The smallest absolute Gasteiger partial charge is 0.220 e. The summed E-state index contributed by atoms with van der Waals surface area (Å²) in [5, 5.41) is 3.11. The fourth-order valence-corrected chi connectivity index (χ4v) is 3.95. The largest absolute Gasteiger partial charge is 0.353 e. The molecule has 3 aliphatic rings. The van der Waals surface area contributed by atoms with Crippen molar-refractivity contribution in [2.45, 2.75) is 63.5 Å². The average Bonchev–Trinajstić information content (AvgIpc) is 2.63. The summed E-state index contributed by atoms with van der Waals surface area (Å²) in [7, 11) is 0. The van der Waals surface area contributed by atoms with E-state index in [0.717, 1.165) is 45.2 Å². The van der Waals surface area contributed by atoms with Gasteiger partial charge in [0, 0.05) is 32.0 Å². The normalized spacial score (nSPS) is 37.4. The third kappa shape index (κ3) is 2.83. The molecule has 1 amide bonds. The van der Waals surface area contributed by atoms with Gasteiger partial charge in [0.25, 0.3) is 0 Å². The molecule has 0 bridgehead atoms. The molecule has 2 saturated heterocycles. The Labute approximate surface area is 114 Å². The van der Waals surface area contributed by atoms with Gasteiger partial charge in [-0.05, 0) is 31.6 Å². The van der Waals surface area contributed by atoms with Crippen molar-refractivity contribution in [3.63, 3.8) is 0 Å². The average molecular weight is 264 g/mol. The maximum absolute atomic E-state index is 12.2. The lowest BCUT2D eigenvalue weighted by Crippen LogP contribution is -2.57. The molecule has 1 saturated carbocycles. The molecular weight excluding hydrogens is 240 g/mol. The van der Waals surface area contributed by atoms with Crippen molar-refractivity contribution >= 4 is 11.7 Å². The number of amides is 1. The molecule has 3 rings (SSSR count). The summed E-state index contributed by atoms with van der Waals surface area (Å²) in [5.41, 5.74) is 0. The van der Waals surface area contributed by atoms with E-state index in [1.54, 1.807) is 0 Å². The Kier molecular flexibility index (Phi) is 3.87. The van der Waals surface area contributed by atoms with E-state index in [1.165, 1.54) is 12.8 Å². The second kappa shape index (κ2) is 5.61. The Bertz CT molecular complexity index is 369. The van der Waals surface area contributed by atoms with Crippen LogP contribution in [0.4, 0.5) is 0 Å². The van der Waals surface area contributed by atoms with Crippen molar-refractivity contribution < 1.29 is 9.59 Å². The Morgan fingerprint density at radius 2 is 1.89 bits per heavy atom. The SMILES string of the molecule is O=C1CCC2CN(C3CCCCCC3=O)CCC2N1. The molecule has 3 fully saturated rings. The summed E-state index contributed by atoms with van der Waals surface area (Å²) in [6.07, 6.45) is 7.96. The lowest BCUT2D eigenvalue weighted by Gasteiger charge is -2.43. The van der Waals surface area contributed by atoms with Gasteiger partial charge in [0.1, 0.15) is 5.78 Å². The van der Waals surface area contributed by atoms with Crippen LogP contribution in [-0.2, 0) is 9.59 Å². The zero-order valence-electron chi connectivity index (χ0n) is 11.6. The second-order valence-corrected chi connectivity index (χ2v) is 6.34. The van der Waals surface area contributed by atoms with Crippen molar-refractivity contribution in [2.24, 2.45) is 5.92 Å². The van der Waals surface area contributed by atoms with Crippen LogP contribution in [-0.4, -0.2) is 41.8 Å². The number of rotatable bonds is 1. The minimum atomic E-state index is 0.168. The van der Waals surface area contributed by atoms with Crippen LogP contribution in [0.1, 0.15) is 51.4 Å². The number of carbonyl (C=O) groups is 2. The topological polar surface area (TPSA) is 49.4 Å². The van der Waals surface area contributed by atoms with Crippen LogP contribution in [0, 0.1) is 5.92 Å². The molecule has 0 spiro atoms. The molecule has 0 aromatic heterocycles. The molecule has 1 aliphatic carbocycles. The summed E-state index contributed by atoms with van der Waals surface area (Å²) in [6, 6.07) is 0.527. The fourth-order valence-electron chi connectivity index (χ4n) is 3.95. The van der Waals surface area contributed by atoms with E-state index >= 15 is 0 Å². The molecule has 2 heterocycles. The highest BCUT2D eigenvalue weighted by Gasteiger charge is 2.37. The van der Waals surface area contributed by atoms with E-state index in [9.17, 15) is 9.59 Å². The number of likely N-dealkylation sites (tertiary alicyclic amines) is 1. The lowest BCUT2D eigenvalue weighted by atomic mass is 9.84. The van der Waals surface area contributed by atoms with Crippen LogP contribution in [0.25, 0.3) is 0 Å². The van der Waals surface area contributed by atoms with E-state index in [0.29, 0.717) is 24.2 Å². The van der Waals surface area contributed by atoms with Crippen LogP contribution in [0.15, 0.2) is 0 Å². The molecule has 2 aliphatic heterocycles. The predicted octanol–water partition coefficient (Wildman–Crippen LogP) is 1.49. The number of fused-ring (bicyclic) bond motifs is 1. The highest BCUT2D eigenvalue weighted by atomic mass is 16.1. The van der Waals surface area contributed by atoms with Crippen molar-refractivity contribution in [1.82, 2.24) is 10.2 Å². The van der Waals surface area contributed by atoms with Crippen molar-refractivity contribution in [2.75, 3.05) is 13.1 Å². The van der Waals surface area contributed by atoms with Gasteiger partial charge in [0.05, 0.1) is 6.04 Å². The summed E-state index contributed by atoms with van der Waals surface area (Å²) in [6.45, 7) is 1.97. The van der Waals surface area contributed by atoms with Gasteiger partial charge < -0.3 is 5.32 Å². The molecular formula is C15H24N2O2. The molecule has 106 valence electrons. The van der Waals surface area contributed by atoms with E-state index in [1.807, 2.05) is 0 Å². The van der Waals surface area contributed by atoms with Crippen LogP contribution < -0.4 is 5.32 Å². The number of nitrogens with one attached hydrogen (secondary N) is 1. The van der Waals surface area contributed by atoms with Crippen molar-refractivity contribution in [3.8, 4) is 0 Å². The third-order valence-electron chi connectivity index (χ3n) is 5.07. The van der Waals surface area contributed by atoms with Gasteiger partial charge >= 0.3 is 0 Å². The van der Waals surface area contributed by atoms with Gasteiger partial charge in [0.2, 0.25) is 5.91 Å². The summed E-state index contributed by atoms with van der Waals surface area (Å²) in [4.78, 5) is 26.0. The molecule has 3 unspecified atom stereocenters.